The Bertz CT molecular complexity index is 467. The number of hydrogen-bond donors (Lipinski definition) is 0. The Labute approximate surface area is 104 Å². The highest BCUT2D eigenvalue weighted by Crippen LogP contribution is 2.41. The Balaban J connectivity index is 2.98. The minimum absolute atomic E-state index is 0.0907. The summed E-state index contributed by atoms with van der Waals surface area (Å²) in [4.78, 5) is 11.1. The number of carbonyl (C=O) groups excluding carboxylic acids is 1. The van der Waals surface area contributed by atoms with Crippen molar-refractivity contribution in [2.24, 2.45) is 0 Å². The number of carbonyl (C=O) groups is 1. The quantitative estimate of drug-likeness (QED) is 0.600. The first-order chi connectivity index (χ1) is 8.05. The number of halogens is 5. The van der Waals surface area contributed by atoms with Crippen LogP contribution in [0.3, 0.4) is 0 Å². The van der Waals surface area contributed by atoms with Crippen molar-refractivity contribution in [3.63, 3.8) is 0 Å². The molecule has 0 unspecified atom stereocenters. The maximum atomic E-state index is 12.7. The second-order valence-corrected chi connectivity index (χ2v) is 4.75. The second kappa shape index (κ2) is 4.87. The van der Waals surface area contributed by atoms with Crippen LogP contribution in [-0.4, -0.2) is 17.2 Å². The Kier molecular flexibility index (Phi) is 4.05. The van der Waals surface area contributed by atoms with Gasteiger partial charge in [0.2, 0.25) is 0 Å². The molecule has 0 bridgehead atoms. The zero-order chi connectivity index (χ0) is 14.1. The van der Waals surface area contributed by atoms with Crippen molar-refractivity contribution in [1.82, 2.24) is 0 Å². The molecule has 1 nitrogen and oxygen atoms in total. The molecule has 0 heterocycles. The fraction of sp³-hybridized carbons (Fsp3) is 0.364. The number of thioether (sulfide) groups is 1. The third-order valence-electron chi connectivity index (χ3n) is 2.16. The maximum Gasteiger partial charge on any atom is 0.462 e. The van der Waals surface area contributed by atoms with Crippen molar-refractivity contribution < 1.29 is 26.7 Å². The third kappa shape index (κ3) is 3.01. The molecule has 7 heteroatoms. The van der Waals surface area contributed by atoms with Crippen molar-refractivity contribution in [2.45, 2.75) is 30.8 Å². The lowest BCUT2D eigenvalue weighted by atomic mass is 10.2. The van der Waals surface area contributed by atoms with Gasteiger partial charge in [-0.25, -0.2) is 0 Å². The van der Waals surface area contributed by atoms with Crippen molar-refractivity contribution in [2.75, 3.05) is 0 Å². The van der Waals surface area contributed by atoms with Crippen molar-refractivity contribution in [1.29, 1.82) is 0 Å². The Morgan fingerprint density at radius 2 is 1.67 bits per heavy atom. The SMILES string of the molecule is Cc1ccc(C)c(SC(=O)C(F)(F)C(F)(F)F)c1. The topological polar surface area (TPSA) is 17.1 Å². The van der Waals surface area contributed by atoms with E-state index in [9.17, 15) is 26.7 Å². The zero-order valence-corrected chi connectivity index (χ0v) is 10.3. The van der Waals surface area contributed by atoms with E-state index in [1.165, 1.54) is 13.0 Å². The summed E-state index contributed by atoms with van der Waals surface area (Å²) in [5.41, 5.74) is 1.14. The van der Waals surface area contributed by atoms with E-state index in [4.69, 9.17) is 0 Å². The van der Waals surface area contributed by atoms with Gasteiger partial charge in [0.05, 0.1) is 0 Å². The first-order valence-corrected chi connectivity index (χ1v) is 5.61. The molecule has 0 atom stereocenters. The lowest BCUT2D eigenvalue weighted by molar-refractivity contribution is -0.264. The van der Waals surface area contributed by atoms with Crippen LogP contribution in [0.1, 0.15) is 11.1 Å². The van der Waals surface area contributed by atoms with E-state index in [-0.39, 0.29) is 16.7 Å². The molecular weight excluding hydrogens is 275 g/mol. The molecule has 1 aromatic carbocycles. The van der Waals surface area contributed by atoms with Crippen LogP contribution >= 0.6 is 11.8 Å². The molecule has 1 aromatic rings. The van der Waals surface area contributed by atoms with E-state index in [1.54, 1.807) is 19.1 Å². The van der Waals surface area contributed by atoms with Crippen molar-refractivity contribution in [3.8, 4) is 0 Å². The van der Waals surface area contributed by atoms with Crippen LogP contribution in [-0.2, 0) is 4.79 Å². The van der Waals surface area contributed by atoms with Crippen molar-refractivity contribution in [3.05, 3.63) is 29.3 Å². The van der Waals surface area contributed by atoms with Gasteiger partial charge in [0, 0.05) is 4.90 Å². The van der Waals surface area contributed by atoms with Crippen LogP contribution in [0.25, 0.3) is 0 Å². The second-order valence-electron chi connectivity index (χ2n) is 3.73. The van der Waals surface area contributed by atoms with E-state index < -0.39 is 17.2 Å². The summed E-state index contributed by atoms with van der Waals surface area (Å²) in [6.07, 6.45) is -5.87. The van der Waals surface area contributed by atoms with E-state index in [0.29, 0.717) is 11.1 Å². The lowest BCUT2D eigenvalue weighted by Gasteiger charge is -2.17. The van der Waals surface area contributed by atoms with E-state index in [0.717, 1.165) is 0 Å². The maximum absolute atomic E-state index is 12.7. The van der Waals surface area contributed by atoms with Crippen LogP contribution < -0.4 is 0 Å². The molecule has 18 heavy (non-hydrogen) atoms. The summed E-state index contributed by atoms with van der Waals surface area (Å²) in [7, 11) is 0. The Morgan fingerprint density at radius 1 is 1.11 bits per heavy atom. The lowest BCUT2D eigenvalue weighted by Crippen LogP contribution is -2.42. The van der Waals surface area contributed by atoms with Crippen LogP contribution in [0.4, 0.5) is 22.0 Å². The predicted molar refractivity (Wildman–Crippen MR) is 57.8 cm³/mol. The molecule has 0 saturated heterocycles. The molecule has 0 saturated carbocycles. The van der Waals surface area contributed by atoms with Gasteiger partial charge < -0.3 is 0 Å². The first kappa shape index (κ1) is 14.9. The van der Waals surface area contributed by atoms with Gasteiger partial charge in [0.15, 0.2) is 0 Å². The molecule has 0 aromatic heterocycles. The summed E-state index contributed by atoms with van der Waals surface area (Å²) >= 11 is -0.0907. The number of alkyl halides is 5. The third-order valence-corrected chi connectivity index (χ3v) is 3.26. The van der Waals surface area contributed by atoms with E-state index in [2.05, 4.69) is 0 Å². The smallest absolute Gasteiger partial charge is 0.280 e. The molecule has 0 N–H and O–H groups in total. The molecule has 0 fully saturated rings. The standard InChI is InChI=1S/C11H9F5OS/c1-6-3-4-7(2)8(5-6)18-9(17)10(12,13)11(14,15)16/h3-5H,1-2H3. The van der Waals surface area contributed by atoms with Crippen LogP contribution in [0.5, 0.6) is 0 Å². The Morgan fingerprint density at radius 3 is 2.17 bits per heavy atom. The van der Waals surface area contributed by atoms with Gasteiger partial charge in [-0.2, -0.15) is 22.0 Å². The molecule has 0 spiro atoms. The average Bonchev–Trinajstić information content (AvgIpc) is 2.21. The monoisotopic (exact) mass is 284 g/mol. The van der Waals surface area contributed by atoms with E-state index in [1.807, 2.05) is 0 Å². The fourth-order valence-electron chi connectivity index (χ4n) is 1.10. The molecule has 0 amide bonds. The van der Waals surface area contributed by atoms with Gasteiger partial charge in [-0.15, -0.1) is 0 Å². The summed E-state index contributed by atoms with van der Waals surface area (Å²) < 4.78 is 61.4. The highest BCUT2D eigenvalue weighted by Gasteiger charge is 2.63. The van der Waals surface area contributed by atoms with Gasteiger partial charge in [-0.3, -0.25) is 4.79 Å². The number of aryl methyl sites for hydroxylation is 2. The number of benzene rings is 1. The minimum atomic E-state index is -5.87. The Hall–Kier alpha value is -1.11. The van der Waals surface area contributed by atoms with Gasteiger partial charge in [-0.05, 0) is 42.8 Å². The highest BCUT2D eigenvalue weighted by molar-refractivity contribution is 8.13. The fourth-order valence-corrected chi connectivity index (χ4v) is 2.01. The normalized spacial score (nSPS) is 12.6. The largest absolute Gasteiger partial charge is 0.462 e. The molecule has 0 radical (unpaired) electrons. The molecule has 0 aliphatic heterocycles. The van der Waals surface area contributed by atoms with Crippen LogP contribution in [0.15, 0.2) is 23.1 Å². The van der Waals surface area contributed by atoms with Gasteiger partial charge in [0.25, 0.3) is 5.12 Å². The minimum Gasteiger partial charge on any atom is -0.280 e. The molecule has 0 aliphatic carbocycles. The molecule has 0 aliphatic rings. The summed E-state index contributed by atoms with van der Waals surface area (Å²) in [6, 6.07) is 4.62. The first-order valence-electron chi connectivity index (χ1n) is 4.80. The molecule has 1 rings (SSSR count). The summed E-state index contributed by atoms with van der Waals surface area (Å²) in [5, 5.41) is -2.22. The van der Waals surface area contributed by atoms with Crippen LogP contribution in [0.2, 0.25) is 0 Å². The summed E-state index contributed by atoms with van der Waals surface area (Å²) in [5.74, 6) is -5.34. The predicted octanol–water partition coefficient (Wildman–Crippen LogP) is 4.12. The zero-order valence-electron chi connectivity index (χ0n) is 9.44. The number of hydrogen-bond acceptors (Lipinski definition) is 2. The molecular formula is C11H9F5OS. The highest BCUT2D eigenvalue weighted by atomic mass is 32.2. The molecule has 100 valence electrons. The number of rotatable bonds is 2. The van der Waals surface area contributed by atoms with Crippen LogP contribution in [0, 0.1) is 13.8 Å². The van der Waals surface area contributed by atoms with E-state index >= 15 is 0 Å². The van der Waals surface area contributed by atoms with Crippen molar-refractivity contribution >= 4 is 16.9 Å². The average molecular weight is 284 g/mol. The van der Waals surface area contributed by atoms with Gasteiger partial charge >= 0.3 is 12.1 Å². The van der Waals surface area contributed by atoms with Gasteiger partial charge in [-0.1, -0.05) is 12.1 Å². The van der Waals surface area contributed by atoms with Gasteiger partial charge in [0.1, 0.15) is 0 Å². The summed E-state index contributed by atoms with van der Waals surface area (Å²) in [6.45, 7) is 3.18.